The predicted molar refractivity (Wildman–Crippen MR) is 98.7 cm³/mol. The zero-order valence-corrected chi connectivity index (χ0v) is 15.4. The Balaban J connectivity index is 1.44. The van der Waals surface area contributed by atoms with Crippen LogP contribution in [0.5, 0.6) is 0 Å². The second kappa shape index (κ2) is 7.70. The van der Waals surface area contributed by atoms with E-state index in [1.807, 2.05) is 17.8 Å². The lowest BCUT2D eigenvalue weighted by Gasteiger charge is -2.24. The van der Waals surface area contributed by atoms with Crippen molar-refractivity contribution in [2.45, 2.75) is 57.3 Å². The minimum atomic E-state index is -0.774. The van der Waals surface area contributed by atoms with Crippen LogP contribution in [-0.2, 0) is 26.4 Å². The van der Waals surface area contributed by atoms with Crippen molar-refractivity contribution in [3.05, 3.63) is 35.8 Å². The van der Waals surface area contributed by atoms with Crippen LogP contribution in [0, 0.1) is 0 Å². The number of anilines is 1. The van der Waals surface area contributed by atoms with E-state index in [9.17, 15) is 4.39 Å². The fourth-order valence-electron chi connectivity index (χ4n) is 4.12. The quantitative estimate of drug-likeness (QED) is 0.832. The molecule has 140 valence electrons. The van der Waals surface area contributed by atoms with Crippen molar-refractivity contribution in [1.82, 2.24) is 24.4 Å². The van der Waals surface area contributed by atoms with E-state index >= 15 is 0 Å². The lowest BCUT2D eigenvalue weighted by Crippen LogP contribution is -2.35. The Labute approximate surface area is 153 Å². The number of hydrogen-bond acceptors (Lipinski definition) is 5. The molecule has 4 rings (SSSR count). The number of fused-ring (bicyclic) bond motifs is 1. The van der Waals surface area contributed by atoms with E-state index in [0.717, 1.165) is 24.5 Å². The Morgan fingerprint density at radius 2 is 2.08 bits per heavy atom. The first kappa shape index (κ1) is 17.4. The first-order valence-corrected chi connectivity index (χ1v) is 9.61. The molecule has 3 heterocycles. The molecule has 2 aromatic heterocycles. The molecule has 0 aromatic carbocycles. The Hall–Kier alpha value is -2.02. The van der Waals surface area contributed by atoms with E-state index in [2.05, 4.69) is 25.2 Å². The van der Waals surface area contributed by atoms with Gasteiger partial charge in [0.05, 0.1) is 6.54 Å². The van der Waals surface area contributed by atoms with E-state index in [-0.39, 0.29) is 6.04 Å². The highest BCUT2D eigenvalue weighted by Crippen LogP contribution is 2.26. The lowest BCUT2D eigenvalue weighted by molar-refractivity contribution is 0.233. The molecular formula is C19H27FN6. The standard InChI is InChI=1S/C19H27FN6/c1-25-8-7-21-18(25)12-26-11-14(20)9-15(26)10-22-19-16-5-3-2-4-6-17(16)23-13-24-19/h7-8,13-15H,2-6,9-12H2,1H3,(H,22,23,24)/t14-,15-/m0/s1. The minimum absolute atomic E-state index is 0.151. The zero-order chi connectivity index (χ0) is 17.9. The summed E-state index contributed by atoms with van der Waals surface area (Å²) in [6.07, 6.45) is 10.9. The van der Waals surface area contributed by atoms with E-state index in [1.54, 1.807) is 12.5 Å². The van der Waals surface area contributed by atoms with Crippen LogP contribution in [0.4, 0.5) is 10.2 Å². The van der Waals surface area contributed by atoms with Crippen LogP contribution in [0.2, 0.25) is 0 Å². The van der Waals surface area contributed by atoms with Crippen LogP contribution in [0.25, 0.3) is 0 Å². The molecule has 0 amide bonds. The van der Waals surface area contributed by atoms with Gasteiger partial charge in [-0.2, -0.15) is 0 Å². The van der Waals surface area contributed by atoms with Gasteiger partial charge in [0.1, 0.15) is 24.1 Å². The predicted octanol–water partition coefficient (Wildman–Crippen LogP) is 2.50. The van der Waals surface area contributed by atoms with Crippen molar-refractivity contribution in [3.63, 3.8) is 0 Å². The van der Waals surface area contributed by atoms with Gasteiger partial charge in [0.15, 0.2) is 0 Å². The van der Waals surface area contributed by atoms with Gasteiger partial charge in [-0.15, -0.1) is 0 Å². The summed E-state index contributed by atoms with van der Waals surface area (Å²) in [5.41, 5.74) is 2.44. The Kier molecular flexibility index (Phi) is 5.15. The van der Waals surface area contributed by atoms with Gasteiger partial charge in [0, 0.05) is 49.8 Å². The van der Waals surface area contributed by atoms with Crippen molar-refractivity contribution in [3.8, 4) is 0 Å². The fraction of sp³-hybridized carbons (Fsp3) is 0.632. The average Bonchev–Trinajstić information content (AvgIpc) is 3.09. The van der Waals surface area contributed by atoms with Crippen LogP contribution in [-0.4, -0.2) is 49.7 Å². The summed E-state index contributed by atoms with van der Waals surface area (Å²) >= 11 is 0. The Morgan fingerprint density at radius 1 is 1.19 bits per heavy atom. The molecule has 1 saturated heterocycles. The van der Waals surface area contributed by atoms with Gasteiger partial charge in [0.2, 0.25) is 0 Å². The first-order chi connectivity index (χ1) is 12.7. The third-order valence-electron chi connectivity index (χ3n) is 5.62. The summed E-state index contributed by atoms with van der Waals surface area (Å²) < 4.78 is 16.1. The van der Waals surface area contributed by atoms with Crippen molar-refractivity contribution < 1.29 is 4.39 Å². The fourth-order valence-corrected chi connectivity index (χ4v) is 4.12. The number of aromatic nitrogens is 4. The number of hydrogen-bond donors (Lipinski definition) is 1. The maximum absolute atomic E-state index is 14.1. The number of aryl methyl sites for hydroxylation is 2. The summed E-state index contributed by atoms with van der Waals surface area (Å²) in [4.78, 5) is 15.5. The van der Waals surface area contributed by atoms with E-state index < -0.39 is 6.17 Å². The number of alkyl halides is 1. The SMILES string of the molecule is Cn1ccnc1CN1C[C@@H](F)C[C@H]1CNc1ncnc2c1CCCCC2. The third kappa shape index (κ3) is 3.72. The first-order valence-electron chi connectivity index (χ1n) is 9.61. The zero-order valence-electron chi connectivity index (χ0n) is 15.4. The highest BCUT2D eigenvalue weighted by molar-refractivity contribution is 5.46. The van der Waals surface area contributed by atoms with Crippen molar-refractivity contribution in [2.75, 3.05) is 18.4 Å². The Morgan fingerprint density at radius 3 is 2.92 bits per heavy atom. The summed E-state index contributed by atoms with van der Waals surface area (Å²) in [5, 5.41) is 3.50. The number of nitrogens with one attached hydrogen (secondary N) is 1. The third-order valence-corrected chi connectivity index (χ3v) is 5.62. The molecule has 2 aromatic rings. The molecule has 2 aliphatic rings. The van der Waals surface area contributed by atoms with Crippen molar-refractivity contribution in [1.29, 1.82) is 0 Å². The number of likely N-dealkylation sites (tertiary alicyclic amines) is 1. The average molecular weight is 358 g/mol. The second-order valence-electron chi connectivity index (χ2n) is 7.46. The molecule has 0 radical (unpaired) electrons. The van der Waals surface area contributed by atoms with Gasteiger partial charge >= 0.3 is 0 Å². The summed E-state index contributed by atoms with van der Waals surface area (Å²) in [6, 6.07) is 0.151. The Bertz CT molecular complexity index is 745. The molecule has 2 atom stereocenters. The van der Waals surface area contributed by atoms with Gasteiger partial charge in [0.25, 0.3) is 0 Å². The second-order valence-corrected chi connectivity index (χ2v) is 7.46. The van der Waals surface area contributed by atoms with Crippen LogP contribution in [0.3, 0.4) is 0 Å². The summed E-state index contributed by atoms with van der Waals surface area (Å²) in [6.45, 7) is 1.85. The molecule has 0 saturated carbocycles. The molecule has 1 aliphatic heterocycles. The van der Waals surface area contributed by atoms with E-state index in [1.165, 1.54) is 30.5 Å². The highest BCUT2D eigenvalue weighted by atomic mass is 19.1. The van der Waals surface area contributed by atoms with Crippen molar-refractivity contribution in [2.24, 2.45) is 7.05 Å². The number of nitrogens with zero attached hydrogens (tertiary/aromatic N) is 5. The molecular weight excluding hydrogens is 331 g/mol. The van der Waals surface area contributed by atoms with Crippen molar-refractivity contribution >= 4 is 5.82 Å². The maximum Gasteiger partial charge on any atom is 0.132 e. The molecule has 0 bridgehead atoms. The molecule has 1 aliphatic carbocycles. The molecule has 7 heteroatoms. The summed E-state index contributed by atoms with van der Waals surface area (Å²) in [7, 11) is 1.98. The molecule has 0 spiro atoms. The summed E-state index contributed by atoms with van der Waals surface area (Å²) in [5.74, 6) is 1.91. The van der Waals surface area contributed by atoms with Gasteiger partial charge in [-0.3, -0.25) is 4.90 Å². The van der Waals surface area contributed by atoms with E-state index in [0.29, 0.717) is 26.1 Å². The van der Waals surface area contributed by atoms with Gasteiger partial charge in [-0.05, 0) is 32.1 Å². The normalized spacial score (nSPS) is 23.6. The molecule has 1 fully saturated rings. The lowest BCUT2D eigenvalue weighted by atomic mass is 10.1. The smallest absolute Gasteiger partial charge is 0.132 e. The van der Waals surface area contributed by atoms with Crippen LogP contribution < -0.4 is 5.32 Å². The molecule has 6 nitrogen and oxygen atoms in total. The number of halogens is 1. The topological polar surface area (TPSA) is 58.9 Å². The van der Waals surface area contributed by atoms with Gasteiger partial charge in [-0.25, -0.2) is 19.3 Å². The molecule has 0 unspecified atom stereocenters. The van der Waals surface area contributed by atoms with Gasteiger partial charge in [-0.1, -0.05) is 6.42 Å². The van der Waals surface area contributed by atoms with Crippen LogP contribution in [0.15, 0.2) is 18.7 Å². The highest BCUT2D eigenvalue weighted by Gasteiger charge is 2.32. The monoisotopic (exact) mass is 358 g/mol. The maximum atomic E-state index is 14.1. The molecule has 26 heavy (non-hydrogen) atoms. The van der Waals surface area contributed by atoms with Gasteiger partial charge < -0.3 is 9.88 Å². The number of imidazole rings is 1. The largest absolute Gasteiger partial charge is 0.368 e. The number of rotatable bonds is 5. The minimum Gasteiger partial charge on any atom is -0.368 e. The van der Waals surface area contributed by atoms with Crippen LogP contribution in [0.1, 0.15) is 42.8 Å². The molecule has 1 N–H and O–H groups in total. The van der Waals surface area contributed by atoms with E-state index in [4.69, 9.17) is 0 Å². The van der Waals surface area contributed by atoms with Crippen LogP contribution >= 0.6 is 0 Å².